The van der Waals surface area contributed by atoms with Gasteiger partial charge in [0.1, 0.15) is 12.4 Å². The summed E-state index contributed by atoms with van der Waals surface area (Å²) >= 11 is 5.97. The standard InChI is InChI=1S/C29H29ClFN3O3/c1-37-17-16-34(29(36)22-8-10-24(30)11-9-22)20-28(35)33(19-21-6-12-25(31)13-7-21)15-14-23-18-32-27-5-3-2-4-26(23)27/h2-13,18,32H,14-17,19-20H2,1H3. The van der Waals surface area contributed by atoms with E-state index in [0.717, 1.165) is 22.0 Å². The highest BCUT2D eigenvalue weighted by Crippen LogP contribution is 2.19. The van der Waals surface area contributed by atoms with Gasteiger partial charge in [-0.15, -0.1) is 0 Å². The summed E-state index contributed by atoms with van der Waals surface area (Å²) in [6.45, 7) is 1.18. The van der Waals surface area contributed by atoms with Gasteiger partial charge in [0.15, 0.2) is 0 Å². The van der Waals surface area contributed by atoms with Crippen LogP contribution in [0.4, 0.5) is 4.39 Å². The number of aromatic nitrogens is 1. The minimum Gasteiger partial charge on any atom is -0.383 e. The number of rotatable bonds is 11. The van der Waals surface area contributed by atoms with Gasteiger partial charge < -0.3 is 19.5 Å². The van der Waals surface area contributed by atoms with E-state index in [0.29, 0.717) is 36.7 Å². The number of nitrogens with one attached hydrogen (secondary N) is 1. The average Bonchev–Trinajstić information content (AvgIpc) is 3.33. The fourth-order valence-corrected chi connectivity index (χ4v) is 4.31. The molecule has 0 saturated heterocycles. The lowest BCUT2D eigenvalue weighted by Crippen LogP contribution is -2.44. The number of carbonyl (C=O) groups is 2. The summed E-state index contributed by atoms with van der Waals surface area (Å²) in [4.78, 5) is 33.3. The van der Waals surface area contributed by atoms with Gasteiger partial charge in [0.25, 0.3) is 5.91 Å². The maximum atomic E-state index is 13.6. The van der Waals surface area contributed by atoms with Crippen LogP contribution >= 0.6 is 11.6 Å². The highest BCUT2D eigenvalue weighted by Gasteiger charge is 2.23. The SMILES string of the molecule is COCCN(CC(=O)N(CCc1c[nH]c2ccccc12)Cc1ccc(F)cc1)C(=O)c1ccc(Cl)cc1. The van der Waals surface area contributed by atoms with Crippen molar-refractivity contribution in [3.63, 3.8) is 0 Å². The molecule has 0 atom stereocenters. The molecule has 0 fully saturated rings. The summed E-state index contributed by atoms with van der Waals surface area (Å²) in [7, 11) is 1.55. The lowest BCUT2D eigenvalue weighted by atomic mass is 10.1. The predicted octanol–water partition coefficient (Wildman–Crippen LogP) is 5.32. The highest BCUT2D eigenvalue weighted by molar-refractivity contribution is 6.30. The fourth-order valence-electron chi connectivity index (χ4n) is 4.19. The van der Waals surface area contributed by atoms with E-state index < -0.39 is 0 Å². The molecule has 0 radical (unpaired) electrons. The van der Waals surface area contributed by atoms with E-state index in [-0.39, 0.29) is 30.7 Å². The van der Waals surface area contributed by atoms with Crippen molar-refractivity contribution in [2.45, 2.75) is 13.0 Å². The van der Waals surface area contributed by atoms with E-state index in [1.165, 1.54) is 17.0 Å². The molecule has 3 aromatic carbocycles. The lowest BCUT2D eigenvalue weighted by molar-refractivity contribution is -0.132. The molecule has 6 nitrogen and oxygen atoms in total. The molecule has 0 saturated carbocycles. The summed E-state index contributed by atoms with van der Waals surface area (Å²) in [6, 6.07) is 20.7. The number of amides is 2. The number of methoxy groups -OCH3 is 1. The molecule has 1 aromatic heterocycles. The minimum atomic E-state index is -0.334. The van der Waals surface area contributed by atoms with Crippen LogP contribution in [-0.2, 0) is 22.5 Å². The van der Waals surface area contributed by atoms with Gasteiger partial charge in [-0.2, -0.15) is 0 Å². The monoisotopic (exact) mass is 521 g/mol. The topological polar surface area (TPSA) is 65.6 Å². The average molecular weight is 522 g/mol. The number of hydrogen-bond donors (Lipinski definition) is 1. The number of halogens is 2. The molecular weight excluding hydrogens is 493 g/mol. The number of aromatic amines is 1. The van der Waals surface area contributed by atoms with E-state index in [1.807, 2.05) is 30.5 Å². The van der Waals surface area contributed by atoms with Crippen LogP contribution in [0.2, 0.25) is 5.02 Å². The van der Waals surface area contributed by atoms with Gasteiger partial charge in [-0.05, 0) is 60.0 Å². The number of nitrogens with zero attached hydrogens (tertiary/aromatic N) is 2. The third-order valence-corrected chi connectivity index (χ3v) is 6.49. The van der Waals surface area contributed by atoms with Gasteiger partial charge in [-0.1, -0.05) is 41.9 Å². The first-order valence-electron chi connectivity index (χ1n) is 12.1. The molecule has 0 spiro atoms. The molecule has 192 valence electrons. The van der Waals surface area contributed by atoms with Gasteiger partial charge in [-0.3, -0.25) is 9.59 Å². The van der Waals surface area contributed by atoms with Gasteiger partial charge in [0.05, 0.1) is 6.61 Å². The van der Waals surface area contributed by atoms with Crippen LogP contribution in [0.25, 0.3) is 10.9 Å². The van der Waals surface area contributed by atoms with Crippen LogP contribution in [0, 0.1) is 5.82 Å². The molecule has 1 N–H and O–H groups in total. The Morgan fingerprint density at radius 1 is 0.946 bits per heavy atom. The smallest absolute Gasteiger partial charge is 0.254 e. The molecule has 8 heteroatoms. The summed E-state index contributed by atoms with van der Waals surface area (Å²) in [5, 5.41) is 1.63. The van der Waals surface area contributed by atoms with Gasteiger partial charge in [0, 0.05) is 54.4 Å². The van der Waals surface area contributed by atoms with Gasteiger partial charge in [-0.25, -0.2) is 4.39 Å². The fraction of sp³-hybridized carbons (Fsp3) is 0.241. The van der Waals surface area contributed by atoms with Crippen LogP contribution in [0.5, 0.6) is 0 Å². The number of carbonyl (C=O) groups excluding carboxylic acids is 2. The number of H-pyrrole nitrogens is 1. The van der Waals surface area contributed by atoms with Gasteiger partial charge >= 0.3 is 0 Å². The first kappa shape index (κ1) is 26.4. The molecule has 1 heterocycles. The zero-order valence-corrected chi connectivity index (χ0v) is 21.4. The molecule has 4 rings (SSSR count). The number of fused-ring (bicyclic) bond motifs is 1. The van der Waals surface area contributed by atoms with Crippen LogP contribution in [-0.4, -0.2) is 59.9 Å². The van der Waals surface area contributed by atoms with Crippen molar-refractivity contribution in [3.05, 3.63) is 107 Å². The third-order valence-electron chi connectivity index (χ3n) is 6.24. The quantitative estimate of drug-likeness (QED) is 0.290. The molecule has 0 bridgehead atoms. The number of ether oxygens (including phenoxy) is 1. The first-order chi connectivity index (χ1) is 17.9. The maximum absolute atomic E-state index is 13.6. The van der Waals surface area contributed by atoms with E-state index >= 15 is 0 Å². The van der Waals surface area contributed by atoms with Crippen molar-refractivity contribution in [1.29, 1.82) is 0 Å². The summed E-state index contributed by atoms with van der Waals surface area (Å²) in [6.07, 6.45) is 2.58. The van der Waals surface area contributed by atoms with E-state index in [4.69, 9.17) is 16.3 Å². The van der Waals surface area contributed by atoms with Crippen LogP contribution < -0.4 is 0 Å². The van der Waals surface area contributed by atoms with Gasteiger partial charge in [0.2, 0.25) is 5.91 Å². The third kappa shape index (κ3) is 6.96. The number of para-hydroxylation sites is 1. The normalized spacial score (nSPS) is 11.0. The molecule has 37 heavy (non-hydrogen) atoms. The number of hydrogen-bond acceptors (Lipinski definition) is 3. The van der Waals surface area contributed by atoms with Crippen molar-refractivity contribution in [2.75, 3.05) is 33.4 Å². The summed E-state index contributed by atoms with van der Waals surface area (Å²) in [5.74, 6) is -0.817. The summed E-state index contributed by atoms with van der Waals surface area (Å²) in [5.41, 5.74) is 3.38. The molecule has 0 aliphatic carbocycles. The zero-order chi connectivity index (χ0) is 26.2. The Hall–Kier alpha value is -3.68. The molecular formula is C29H29ClFN3O3. The molecule has 0 aliphatic rings. The Morgan fingerprint density at radius 3 is 2.41 bits per heavy atom. The molecule has 4 aromatic rings. The highest BCUT2D eigenvalue weighted by atomic mass is 35.5. The lowest BCUT2D eigenvalue weighted by Gasteiger charge is -2.28. The largest absolute Gasteiger partial charge is 0.383 e. The molecule has 0 unspecified atom stereocenters. The van der Waals surface area contributed by atoms with Crippen molar-refractivity contribution < 1.29 is 18.7 Å². The van der Waals surface area contributed by atoms with Crippen molar-refractivity contribution in [3.8, 4) is 0 Å². The predicted molar refractivity (Wildman–Crippen MR) is 143 cm³/mol. The Kier molecular flexibility index (Phi) is 8.93. The van der Waals surface area contributed by atoms with Crippen molar-refractivity contribution in [2.24, 2.45) is 0 Å². The second-order valence-corrected chi connectivity index (χ2v) is 9.21. The van der Waals surface area contributed by atoms with Crippen LogP contribution in [0.3, 0.4) is 0 Å². The first-order valence-corrected chi connectivity index (χ1v) is 12.4. The Morgan fingerprint density at radius 2 is 1.68 bits per heavy atom. The van der Waals surface area contributed by atoms with E-state index in [9.17, 15) is 14.0 Å². The van der Waals surface area contributed by atoms with E-state index in [1.54, 1.807) is 48.4 Å². The van der Waals surface area contributed by atoms with Crippen LogP contribution in [0.15, 0.2) is 79.0 Å². The summed E-state index contributed by atoms with van der Waals surface area (Å²) < 4.78 is 18.7. The number of benzene rings is 3. The molecule has 2 amide bonds. The van der Waals surface area contributed by atoms with Crippen LogP contribution in [0.1, 0.15) is 21.5 Å². The molecule has 0 aliphatic heterocycles. The van der Waals surface area contributed by atoms with Crippen molar-refractivity contribution in [1.82, 2.24) is 14.8 Å². The minimum absolute atomic E-state index is 0.111. The van der Waals surface area contributed by atoms with Crippen molar-refractivity contribution >= 4 is 34.3 Å². The zero-order valence-electron chi connectivity index (χ0n) is 20.6. The Labute approximate surface area is 220 Å². The second kappa shape index (κ2) is 12.5. The maximum Gasteiger partial charge on any atom is 0.254 e. The second-order valence-electron chi connectivity index (χ2n) is 8.78. The van der Waals surface area contributed by atoms with E-state index in [2.05, 4.69) is 4.98 Å². The Bertz CT molecular complexity index is 1340. The Balaban J connectivity index is 1.53.